The number of aryl methyl sites for hydroxylation is 1. The Bertz CT molecular complexity index is 733. The molecule has 1 amide bonds. The molecule has 0 aliphatic rings. The van der Waals surface area contributed by atoms with Crippen molar-refractivity contribution < 1.29 is 9.53 Å². The van der Waals surface area contributed by atoms with Gasteiger partial charge in [0.2, 0.25) is 0 Å². The van der Waals surface area contributed by atoms with Crippen molar-refractivity contribution in [3.8, 4) is 5.75 Å². The molecular formula is C21H26BrNO2. The zero-order valence-electron chi connectivity index (χ0n) is 15.6. The molecule has 0 heterocycles. The first-order valence-electron chi connectivity index (χ1n) is 8.39. The van der Waals surface area contributed by atoms with E-state index in [1.807, 2.05) is 24.3 Å². The highest BCUT2D eigenvalue weighted by Crippen LogP contribution is 2.31. The van der Waals surface area contributed by atoms with Crippen LogP contribution in [0.3, 0.4) is 0 Å². The Morgan fingerprint density at radius 3 is 2.32 bits per heavy atom. The average Bonchev–Trinajstić information content (AvgIpc) is 2.54. The van der Waals surface area contributed by atoms with Gasteiger partial charge in [0.25, 0.3) is 5.91 Å². The zero-order chi connectivity index (χ0) is 18.6. The Hall–Kier alpha value is -1.81. The van der Waals surface area contributed by atoms with E-state index < -0.39 is 0 Å². The third kappa shape index (κ3) is 5.60. The van der Waals surface area contributed by atoms with Crippen LogP contribution >= 0.6 is 15.9 Å². The van der Waals surface area contributed by atoms with Gasteiger partial charge in [0.1, 0.15) is 5.75 Å². The molecule has 0 spiro atoms. The molecule has 0 aliphatic carbocycles. The van der Waals surface area contributed by atoms with Gasteiger partial charge in [-0.3, -0.25) is 4.79 Å². The van der Waals surface area contributed by atoms with E-state index in [0.29, 0.717) is 12.3 Å². The fourth-order valence-electron chi connectivity index (χ4n) is 2.39. The topological polar surface area (TPSA) is 29.5 Å². The summed E-state index contributed by atoms with van der Waals surface area (Å²) in [5.41, 5.74) is 3.61. The molecule has 4 heteroatoms. The quantitative estimate of drug-likeness (QED) is 0.695. The highest BCUT2D eigenvalue weighted by molar-refractivity contribution is 9.10. The minimum Gasteiger partial charge on any atom is -0.483 e. The maximum Gasteiger partial charge on any atom is 0.260 e. The first-order chi connectivity index (χ1) is 11.7. The van der Waals surface area contributed by atoms with Gasteiger partial charge < -0.3 is 9.64 Å². The lowest BCUT2D eigenvalue weighted by atomic mass is 9.87. The van der Waals surface area contributed by atoms with E-state index in [0.717, 1.165) is 10.0 Å². The number of hydrogen-bond donors (Lipinski definition) is 0. The number of rotatable bonds is 5. The van der Waals surface area contributed by atoms with Crippen LogP contribution in [0.4, 0.5) is 0 Å². The van der Waals surface area contributed by atoms with Gasteiger partial charge in [-0.2, -0.15) is 0 Å². The van der Waals surface area contributed by atoms with Crippen LogP contribution < -0.4 is 4.74 Å². The largest absolute Gasteiger partial charge is 0.483 e. The molecule has 134 valence electrons. The molecule has 2 rings (SSSR count). The van der Waals surface area contributed by atoms with Gasteiger partial charge in [-0.05, 0) is 51.5 Å². The number of carbonyl (C=O) groups excluding carboxylic acids is 1. The predicted octanol–water partition coefficient (Wildman–Crippen LogP) is 5.09. The van der Waals surface area contributed by atoms with Crippen molar-refractivity contribution in [2.24, 2.45) is 0 Å². The lowest BCUT2D eigenvalue weighted by Crippen LogP contribution is -2.31. The summed E-state index contributed by atoms with van der Waals surface area (Å²) >= 11 is 3.54. The maximum absolute atomic E-state index is 12.3. The maximum atomic E-state index is 12.3. The summed E-state index contributed by atoms with van der Waals surface area (Å²) in [6.45, 7) is 9.15. The van der Waals surface area contributed by atoms with Gasteiger partial charge in [0, 0.05) is 13.6 Å². The third-order valence-corrected chi connectivity index (χ3v) is 4.73. The first kappa shape index (κ1) is 19.5. The van der Waals surface area contributed by atoms with E-state index in [-0.39, 0.29) is 17.9 Å². The molecule has 0 saturated carbocycles. The molecule has 0 atom stereocenters. The number of halogens is 1. The van der Waals surface area contributed by atoms with Crippen molar-refractivity contribution in [2.45, 2.75) is 39.7 Å². The van der Waals surface area contributed by atoms with Crippen LogP contribution in [0, 0.1) is 6.92 Å². The highest BCUT2D eigenvalue weighted by Gasteiger charge is 2.16. The summed E-state index contributed by atoms with van der Waals surface area (Å²) in [5, 5.41) is 0. The number of ether oxygens (including phenoxy) is 1. The Kier molecular flexibility index (Phi) is 6.28. The third-order valence-electron chi connectivity index (χ3n) is 4.12. The fourth-order valence-corrected chi connectivity index (χ4v) is 2.88. The summed E-state index contributed by atoms with van der Waals surface area (Å²) in [4.78, 5) is 14.0. The van der Waals surface area contributed by atoms with Crippen LogP contribution in [0.2, 0.25) is 0 Å². The minimum atomic E-state index is -0.0487. The second kappa shape index (κ2) is 8.05. The minimum absolute atomic E-state index is 0.0236. The molecule has 0 bridgehead atoms. The average molecular weight is 404 g/mol. The Morgan fingerprint density at radius 1 is 1.12 bits per heavy atom. The summed E-state index contributed by atoms with van der Waals surface area (Å²) in [6.07, 6.45) is 0. The molecule has 3 nitrogen and oxygen atoms in total. The number of carbonyl (C=O) groups is 1. The van der Waals surface area contributed by atoms with Gasteiger partial charge in [-0.1, -0.05) is 56.7 Å². The molecular weight excluding hydrogens is 378 g/mol. The summed E-state index contributed by atoms with van der Waals surface area (Å²) in [6, 6.07) is 14.2. The van der Waals surface area contributed by atoms with Gasteiger partial charge in [-0.25, -0.2) is 0 Å². The molecule has 0 saturated heterocycles. The predicted molar refractivity (Wildman–Crippen MR) is 106 cm³/mol. The molecule has 0 aliphatic heterocycles. The van der Waals surface area contributed by atoms with E-state index in [4.69, 9.17) is 4.74 Å². The van der Waals surface area contributed by atoms with Crippen LogP contribution in [0.5, 0.6) is 5.75 Å². The standard InChI is InChI=1S/C21H26BrNO2/c1-15-6-8-16(9-7-15)13-23(5)20(24)14-25-19-11-10-17(12-18(19)22)21(2,3)4/h6-12H,13-14H2,1-5H3. The summed E-state index contributed by atoms with van der Waals surface area (Å²) < 4.78 is 6.58. The lowest BCUT2D eigenvalue weighted by Gasteiger charge is -2.21. The normalized spacial score (nSPS) is 11.3. The van der Waals surface area contributed by atoms with E-state index in [2.05, 4.69) is 61.8 Å². The van der Waals surface area contributed by atoms with E-state index in [1.165, 1.54) is 11.1 Å². The van der Waals surface area contributed by atoms with Crippen LogP contribution in [0.25, 0.3) is 0 Å². The molecule has 0 radical (unpaired) electrons. The number of amides is 1. The second-order valence-corrected chi connectivity index (χ2v) is 8.27. The Morgan fingerprint density at radius 2 is 1.76 bits per heavy atom. The van der Waals surface area contributed by atoms with Gasteiger partial charge in [-0.15, -0.1) is 0 Å². The molecule has 0 unspecified atom stereocenters. The number of benzene rings is 2. The molecule has 0 fully saturated rings. The Labute approximate surface area is 159 Å². The van der Waals surface area contributed by atoms with Crippen LogP contribution in [-0.4, -0.2) is 24.5 Å². The number of likely N-dealkylation sites (N-methyl/N-ethyl adjacent to an activating group) is 1. The van der Waals surface area contributed by atoms with Gasteiger partial charge in [0.15, 0.2) is 6.61 Å². The van der Waals surface area contributed by atoms with Gasteiger partial charge in [0.05, 0.1) is 4.47 Å². The van der Waals surface area contributed by atoms with Crippen molar-refractivity contribution in [1.82, 2.24) is 4.90 Å². The molecule has 2 aromatic carbocycles. The van der Waals surface area contributed by atoms with E-state index in [9.17, 15) is 4.79 Å². The Balaban J connectivity index is 1.94. The molecule has 25 heavy (non-hydrogen) atoms. The monoisotopic (exact) mass is 403 g/mol. The van der Waals surface area contributed by atoms with Crippen molar-refractivity contribution >= 4 is 21.8 Å². The SMILES string of the molecule is Cc1ccc(CN(C)C(=O)COc2ccc(C(C)(C)C)cc2Br)cc1. The van der Waals surface area contributed by atoms with Crippen LogP contribution in [0.15, 0.2) is 46.9 Å². The highest BCUT2D eigenvalue weighted by atomic mass is 79.9. The van der Waals surface area contributed by atoms with Crippen molar-refractivity contribution in [2.75, 3.05) is 13.7 Å². The fraction of sp³-hybridized carbons (Fsp3) is 0.381. The van der Waals surface area contributed by atoms with E-state index in [1.54, 1.807) is 11.9 Å². The molecule has 0 N–H and O–H groups in total. The summed E-state index contributed by atoms with van der Waals surface area (Å²) in [5.74, 6) is 0.637. The number of hydrogen-bond acceptors (Lipinski definition) is 2. The molecule has 0 aromatic heterocycles. The van der Waals surface area contributed by atoms with Crippen LogP contribution in [-0.2, 0) is 16.8 Å². The lowest BCUT2D eigenvalue weighted by molar-refractivity contribution is -0.132. The van der Waals surface area contributed by atoms with Crippen molar-refractivity contribution in [1.29, 1.82) is 0 Å². The van der Waals surface area contributed by atoms with Crippen LogP contribution in [0.1, 0.15) is 37.5 Å². The van der Waals surface area contributed by atoms with Crippen molar-refractivity contribution in [3.63, 3.8) is 0 Å². The van der Waals surface area contributed by atoms with Gasteiger partial charge >= 0.3 is 0 Å². The second-order valence-electron chi connectivity index (χ2n) is 7.42. The summed E-state index contributed by atoms with van der Waals surface area (Å²) in [7, 11) is 1.79. The number of nitrogens with zero attached hydrogens (tertiary/aromatic N) is 1. The smallest absolute Gasteiger partial charge is 0.260 e. The van der Waals surface area contributed by atoms with Crippen molar-refractivity contribution in [3.05, 3.63) is 63.6 Å². The molecule has 2 aromatic rings. The van der Waals surface area contributed by atoms with E-state index >= 15 is 0 Å². The zero-order valence-corrected chi connectivity index (χ0v) is 17.2. The first-order valence-corrected chi connectivity index (χ1v) is 9.18.